The van der Waals surface area contributed by atoms with Crippen molar-refractivity contribution in [3.05, 3.63) is 10.9 Å². The van der Waals surface area contributed by atoms with Gasteiger partial charge < -0.3 is 15.9 Å². The molecule has 6 nitrogen and oxygen atoms in total. The first-order chi connectivity index (χ1) is 8.72. The van der Waals surface area contributed by atoms with Crippen molar-refractivity contribution in [2.24, 2.45) is 0 Å². The molecule has 1 aliphatic heterocycles. The van der Waals surface area contributed by atoms with Crippen molar-refractivity contribution >= 4 is 33.3 Å². The first kappa shape index (κ1) is 11.6. The Balaban J connectivity index is 1.94. The largest absolute Gasteiger partial charge is 0.379 e. The molecule has 0 aliphatic carbocycles. The van der Waals surface area contributed by atoms with Crippen molar-refractivity contribution in [3.63, 3.8) is 0 Å². The van der Waals surface area contributed by atoms with E-state index in [4.69, 9.17) is 10.5 Å². The van der Waals surface area contributed by atoms with Crippen LogP contribution in [0.15, 0.2) is 6.07 Å². The van der Waals surface area contributed by atoms with Gasteiger partial charge in [-0.3, -0.25) is 0 Å². The maximum atomic E-state index is 5.74. The number of ether oxygens (including phenoxy) is 1. The summed E-state index contributed by atoms with van der Waals surface area (Å²) in [4.78, 5) is 10.7. The second-order valence-corrected chi connectivity index (χ2v) is 5.45. The van der Waals surface area contributed by atoms with Gasteiger partial charge in [0.2, 0.25) is 5.95 Å². The van der Waals surface area contributed by atoms with E-state index < -0.39 is 0 Å². The normalized spacial score (nSPS) is 17.2. The van der Waals surface area contributed by atoms with Crippen LogP contribution in [0.2, 0.25) is 0 Å². The molecule has 7 heteroatoms. The standard InChI is InChI=1S/C11H15N5OS/c1-7-6-8-9(13-11(12)14-10(8)18-7)15-16-2-4-17-5-3-16/h6H,2-5H2,1H3,(H3,12,13,14,15). The maximum absolute atomic E-state index is 5.74. The predicted octanol–water partition coefficient (Wildman–Crippen LogP) is 1.24. The first-order valence-electron chi connectivity index (χ1n) is 5.85. The number of nitrogens with one attached hydrogen (secondary N) is 1. The molecule has 0 amide bonds. The molecule has 3 heterocycles. The van der Waals surface area contributed by atoms with Gasteiger partial charge in [-0.2, -0.15) is 4.98 Å². The van der Waals surface area contributed by atoms with Gasteiger partial charge in [0.1, 0.15) is 4.83 Å². The van der Waals surface area contributed by atoms with Crippen LogP contribution >= 0.6 is 11.3 Å². The van der Waals surface area contributed by atoms with E-state index in [2.05, 4.69) is 33.4 Å². The van der Waals surface area contributed by atoms with Crippen LogP contribution in [-0.2, 0) is 4.74 Å². The monoisotopic (exact) mass is 265 g/mol. The smallest absolute Gasteiger partial charge is 0.223 e. The Kier molecular flexibility index (Phi) is 3.02. The van der Waals surface area contributed by atoms with Gasteiger partial charge in [0.05, 0.1) is 18.6 Å². The zero-order valence-electron chi connectivity index (χ0n) is 10.1. The van der Waals surface area contributed by atoms with Crippen LogP contribution < -0.4 is 11.2 Å². The Hall–Kier alpha value is -1.44. The zero-order valence-corrected chi connectivity index (χ0v) is 11.0. The summed E-state index contributed by atoms with van der Waals surface area (Å²) < 4.78 is 5.32. The highest BCUT2D eigenvalue weighted by Gasteiger charge is 2.14. The third kappa shape index (κ3) is 2.24. The van der Waals surface area contributed by atoms with E-state index in [-0.39, 0.29) is 0 Å². The van der Waals surface area contributed by atoms with Gasteiger partial charge in [-0.25, -0.2) is 9.99 Å². The molecule has 0 radical (unpaired) electrons. The molecule has 1 fully saturated rings. The van der Waals surface area contributed by atoms with Crippen molar-refractivity contribution < 1.29 is 4.74 Å². The second-order valence-electron chi connectivity index (χ2n) is 4.22. The van der Waals surface area contributed by atoms with Crippen LogP contribution in [0.3, 0.4) is 0 Å². The number of nitrogens with zero attached hydrogens (tertiary/aromatic N) is 3. The third-order valence-electron chi connectivity index (χ3n) is 2.81. The molecule has 0 spiro atoms. The number of hydrogen-bond acceptors (Lipinski definition) is 7. The summed E-state index contributed by atoms with van der Waals surface area (Å²) >= 11 is 1.63. The summed E-state index contributed by atoms with van der Waals surface area (Å²) in [6, 6.07) is 2.09. The van der Waals surface area contributed by atoms with Gasteiger partial charge in [0.15, 0.2) is 5.82 Å². The van der Waals surface area contributed by atoms with Gasteiger partial charge in [-0.05, 0) is 13.0 Å². The van der Waals surface area contributed by atoms with Gasteiger partial charge in [-0.15, -0.1) is 11.3 Å². The minimum Gasteiger partial charge on any atom is -0.379 e. The number of nitrogen functional groups attached to an aromatic ring is 1. The average molecular weight is 265 g/mol. The van der Waals surface area contributed by atoms with Crippen LogP contribution in [-0.4, -0.2) is 41.3 Å². The van der Waals surface area contributed by atoms with Gasteiger partial charge >= 0.3 is 0 Å². The highest BCUT2D eigenvalue weighted by Crippen LogP contribution is 2.29. The summed E-state index contributed by atoms with van der Waals surface area (Å²) in [7, 11) is 0. The van der Waals surface area contributed by atoms with E-state index in [1.165, 1.54) is 4.88 Å². The fraction of sp³-hybridized carbons (Fsp3) is 0.455. The molecule has 0 saturated carbocycles. The minimum atomic E-state index is 0.306. The molecule has 2 aromatic rings. The number of aromatic nitrogens is 2. The lowest BCUT2D eigenvalue weighted by molar-refractivity contribution is 0.0495. The number of hydrazine groups is 1. The molecule has 1 saturated heterocycles. The Labute approximate surface area is 109 Å². The SMILES string of the molecule is Cc1cc2c(NN3CCOCC3)nc(N)nc2s1. The topological polar surface area (TPSA) is 76.3 Å². The van der Waals surface area contributed by atoms with Crippen molar-refractivity contribution in [2.75, 3.05) is 37.5 Å². The van der Waals surface area contributed by atoms with Crippen LogP contribution in [0.4, 0.5) is 11.8 Å². The summed E-state index contributed by atoms with van der Waals surface area (Å²) in [6.07, 6.45) is 0. The molecule has 3 rings (SSSR count). The summed E-state index contributed by atoms with van der Waals surface area (Å²) in [5, 5.41) is 3.12. The molecular weight excluding hydrogens is 250 g/mol. The van der Waals surface area contributed by atoms with Crippen molar-refractivity contribution in [1.29, 1.82) is 0 Å². The molecule has 0 unspecified atom stereocenters. The Morgan fingerprint density at radius 3 is 2.94 bits per heavy atom. The van der Waals surface area contributed by atoms with Crippen LogP contribution in [0.25, 0.3) is 10.2 Å². The number of rotatable bonds is 2. The van der Waals surface area contributed by atoms with Gasteiger partial charge in [0.25, 0.3) is 0 Å². The molecule has 18 heavy (non-hydrogen) atoms. The fourth-order valence-corrected chi connectivity index (χ4v) is 2.86. The lowest BCUT2D eigenvalue weighted by Crippen LogP contribution is -2.40. The first-order valence-corrected chi connectivity index (χ1v) is 6.67. The molecule has 0 bridgehead atoms. The van der Waals surface area contributed by atoms with Crippen LogP contribution in [0.5, 0.6) is 0 Å². The predicted molar refractivity (Wildman–Crippen MR) is 72.6 cm³/mol. The van der Waals surface area contributed by atoms with E-state index in [1.807, 2.05) is 0 Å². The minimum absolute atomic E-state index is 0.306. The summed E-state index contributed by atoms with van der Waals surface area (Å²) in [6.45, 7) is 5.21. The average Bonchev–Trinajstić information content (AvgIpc) is 2.71. The highest BCUT2D eigenvalue weighted by molar-refractivity contribution is 7.18. The van der Waals surface area contributed by atoms with Crippen LogP contribution in [0.1, 0.15) is 4.88 Å². The molecule has 0 atom stereocenters. The van der Waals surface area contributed by atoms with E-state index in [9.17, 15) is 0 Å². The van der Waals surface area contributed by atoms with Crippen molar-refractivity contribution in [1.82, 2.24) is 15.0 Å². The van der Waals surface area contributed by atoms with Crippen LogP contribution in [0, 0.1) is 6.92 Å². The molecule has 0 aromatic carbocycles. The molecule has 2 aromatic heterocycles. The zero-order chi connectivity index (χ0) is 12.5. The van der Waals surface area contributed by atoms with Gasteiger partial charge in [-0.1, -0.05) is 0 Å². The second kappa shape index (κ2) is 4.68. The van der Waals surface area contributed by atoms with E-state index in [0.29, 0.717) is 5.95 Å². The number of anilines is 2. The number of nitrogens with two attached hydrogens (primary N) is 1. The summed E-state index contributed by atoms with van der Waals surface area (Å²) in [5.41, 5.74) is 9.05. The maximum Gasteiger partial charge on any atom is 0.223 e. The Morgan fingerprint density at radius 1 is 1.39 bits per heavy atom. The number of thiophene rings is 1. The molecule has 3 N–H and O–H groups in total. The number of fused-ring (bicyclic) bond motifs is 1. The summed E-state index contributed by atoms with van der Waals surface area (Å²) in [5.74, 6) is 1.09. The third-order valence-corrected chi connectivity index (χ3v) is 3.75. The van der Waals surface area contributed by atoms with E-state index in [0.717, 1.165) is 42.3 Å². The van der Waals surface area contributed by atoms with Gasteiger partial charge in [0, 0.05) is 18.0 Å². The number of aryl methyl sites for hydroxylation is 1. The Morgan fingerprint density at radius 2 is 2.17 bits per heavy atom. The molecule has 96 valence electrons. The molecule has 1 aliphatic rings. The number of morpholine rings is 1. The lowest BCUT2D eigenvalue weighted by atomic mass is 10.3. The molecular formula is C11H15N5OS. The van der Waals surface area contributed by atoms with E-state index >= 15 is 0 Å². The van der Waals surface area contributed by atoms with Crippen molar-refractivity contribution in [3.8, 4) is 0 Å². The lowest BCUT2D eigenvalue weighted by Gasteiger charge is -2.27. The fourth-order valence-electron chi connectivity index (χ4n) is 1.97. The Bertz CT molecular complexity index is 564. The highest BCUT2D eigenvalue weighted by atomic mass is 32.1. The van der Waals surface area contributed by atoms with E-state index in [1.54, 1.807) is 11.3 Å². The quantitative estimate of drug-likeness (QED) is 0.851. The van der Waals surface area contributed by atoms with Crippen molar-refractivity contribution in [2.45, 2.75) is 6.92 Å². The number of hydrogen-bond donors (Lipinski definition) is 2.